The van der Waals surface area contributed by atoms with Gasteiger partial charge in [0.2, 0.25) is 0 Å². The van der Waals surface area contributed by atoms with Crippen LogP contribution in [0.15, 0.2) is 21.8 Å². The van der Waals surface area contributed by atoms with Crippen molar-refractivity contribution < 1.29 is 14.3 Å². The summed E-state index contributed by atoms with van der Waals surface area (Å²) in [6.07, 6.45) is 0. The number of halogens is 2. The number of imidazole rings is 1. The average molecular weight is 361 g/mol. The highest BCUT2D eigenvalue weighted by molar-refractivity contribution is 9.10. The van der Waals surface area contributed by atoms with Gasteiger partial charge in [0.15, 0.2) is 5.16 Å². The van der Waals surface area contributed by atoms with Crippen molar-refractivity contribution in [2.45, 2.75) is 25.5 Å². The lowest BCUT2D eigenvalue weighted by Crippen LogP contribution is -2.07. The number of thioether (sulfide) groups is 1. The van der Waals surface area contributed by atoms with Gasteiger partial charge >= 0.3 is 5.97 Å². The van der Waals surface area contributed by atoms with Crippen molar-refractivity contribution in [3.05, 3.63) is 22.4 Å². The van der Waals surface area contributed by atoms with Crippen LogP contribution >= 0.6 is 27.7 Å². The summed E-state index contributed by atoms with van der Waals surface area (Å²) in [5, 5.41) is 9.39. The van der Waals surface area contributed by atoms with Crippen LogP contribution in [-0.2, 0) is 11.3 Å². The van der Waals surface area contributed by atoms with Crippen LogP contribution in [0.25, 0.3) is 11.0 Å². The molecule has 0 aliphatic rings. The normalized spacial score (nSPS) is 11.4. The lowest BCUT2D eigenvalue weighted by molar-refractivity contribution is -0.133. The van der Waals surface area contributed by atoms with Crippen molar-refractivity contribution in [2.75, 3.05) is 5.75 Å². The van der Waals surface area contributed by atoms with E-state index >= 15 is 0 Å². The van der Waals surface area contributed by atoms with Crippen LogP contribution in [0.4, 0.5) is 4.39 Å². The third-order valence-electron chi connectivity index (χ3n) is 2.63. The number of hydrogen-bond donors (Lipinski definition) is 1. The van der Waals surface area contributed by atoms with E-state index in [1.807, 2.05) is 18.4 Å². The van der Waals surface area contributed by atoms with E-state index in [0.717, 1.165) is 11.8 Å². The van der Waals surface area contributed by atoms with Crippen molar-refractivity contribution in [1.29, 1.82) is 0 Å². The van der Waals surface area contributed by atoms with Crippen LogP contribution in [0.3, 0.4) is 0 Å². The molecule has 0 bridgehead atoms. The quantitative estimate of drug-likeness (QED) is 0.824. The van der Waals surface area contributed by atoms with Gasteiger partial charge in [0.1, 0.15) is 5.82 Å². The van der Waals surface area contributed by atoms with Gasteiger partial charge in [0.25, 0.3) is 0 Å². The van der Waals surface area contributed by atoms with Gasteiger partial charge in [0, 0.05) is 12.6 Å². The smallest absolute Gasteiger partial charge is 0.313 e. The predicted octanol–water partition coefficient (Wildman–Crippen LogP) is 3.77. The van der Waals surface area contributed by atoms with Crippen molar-refractivity contribution >= 4 is 44.7 Å². The van der Waals surface area contributed by atoms with Crippen LogP contribution in [0.5, 0.6) is 0 Å². The van der Waals surface area contributed by atoms with Gasteiger partial charge in [0.05, 0.1) is 21.3 Å². The number of carboxylic acids is 1. The van der Waals surface area contributed by atoms with Gasteiger partial charge in [-0.2, -0.15) is 0 Å². The molecule has 0 unspecified atom stereocenters. The Morgan fingerprint density at radius 2 is 2.25 bits per heavy atom. The monoisotopic (exact) mass is 360 g/mol. The molecule has 7 heteroatoms. The third-order valence-corrected chi connectivity index (χ3v) is 4.20. The predicted molar refractivity (Wildman–Crippen MR) is 80.6 cm³/mol. The van der Waals surface area contributed by atoms with Crippen LogP contribution in [0.2, 0.25) is 0 Å². The number of rotatable bonds is 5. The summed E-state index contributed by atoms with van der Waals surface area (Å²) >= 11 is 4.29. The number of aliphatic carboxylic acids is 1. The second-order valence-electron chi connectivity index (χ2n) is 4.84. The molecule has 0 atom stereocenters. The van der Waals surface area contributed by atoms with Gasteiger partial charge in [-0.15, -0.1) is 0 Å². The summed E-state index contributed by atoms with van der Waals surface area (Å²) in [4.78, 5) is 15.1. The van der Waals surface area contributed by atoms with Crippen LogP contribution in [-0.4, -0.2) is 26.4 Å². The lowest BCUT2D eigenvalue weighted by Gasteiger charge is -2.10. The topological polar surface area (TPSA) is 55.1 Å². The standard InChI is InChI=1S/C13H14BrFN2O2S/c1-7(2)5-17-11-4-9(15)8(14)3-10(11)16-13(17)20-6-12(18)19/h3-4,7H,5-6H2,1-2H3,(H,18,19). The highest BCUT2D eigenvalue weighted by Gasteiger charge is 2.15. The summed E-state index contributed by atoms with van der Waals surface area (Å²) in [5.41, 5.74) is 1.35. The van der Waals surface area contributed by atoms with E-state index in [9.17, 15) is 9.18 Å². The molecular formula is C13H14BrFN2O2S. The molecule has 1 N–H and O–H groups in total. The fourth-order valence-corrected chi connectivity index (χ4v) is 2.95. The first-order valence-electron chi connectivity index (χ1n) is 6.08. The first kappa shape index (κ1) is 15.3. The van der Waals surface area contributed by atoms with Gasteiger partial charge in [-0.1, -0.05) is 25.6 Å². The van der Waals surface area contributed by atoms with Crippen molar-refractivity contribution in [1.82, 2.24) is 9.55 Å². The molecule has 0 aliphatic heterocycles. The lowest BCUT2D eigenvalue weighted by atomic mass is 10.2. The number of hydrogen-bond acceptors (Lipinski definition) is 3. The molecule has 4 nitrogen and oxygen atoms in total. The Balaban J connectivity index is 2.51. The van der Waals surface area contributed by atoms with E-state index in [1.165, 1.54) is 6.07 Å². The average Bonchev–Trinajstić information content (AvgIpc) is 2.65. The summed E-state index contributed by atoms with van der Waals surface area (Å²) < 4.78 is 15.9. The van der Waals surface area contributed by atoms with Crippen molar-refractivity contribution in [3.63, 3.8) is 0 Å². The maximum Gasteiger partial charge on any atom is 0.313 e. The highest BCUT2D eigenvalue weighted by Crippen LogP contribution is 2.29. The molecule has 0 saturated carbocycles. The van der Waals surface area contributed by atoms with Gasteiger partial charge < -0.3 is 9.67 Å². The van der Waals surface area contributed by atoms with Crippen LogP contribution < -0.4 is 0 Å². The molecule has 0 fully saturated rings. The summed E-state index contributed by atoms with van der Waals surface area (Å²) in [6, 6.07) is 3.05. The zero-order valence-electron chi connectivity index (χ0n) is 11.1. The maximum absolute atomic E-state index is 13.7. The van der Waals surface area contributed by atoms with E-state index in [0.29, 0.717) is 33.1 Å². The molecule has 0 spiro atoms. The molecule has 0 amide bonds. The van der Waals surface area contributed by atoms with Crippen LogP contribution in [0.1, 0.15) is 13.8 Å². The van der Waals surface area contributed by atoms with E-state index < -0.39 is 5.97 Å². The number of nitrogens with zero attached hydrogens (tertiary/aromatic N) is 2. The molecule has 0 radical (unpaired) electrons. The Morgan fingerprint density at radius 1 is 1.55 bits per heavy atom. The Labute approximate surface area is 128 Å². The van der Waals surface area contributed by atoms with E-state index in [-0.39, 0.29) is 11.6 Å². The molecule has 108 valence electrons. The number of carbonyl (C=O) groups is 1. The summed E-state index contributed by atoms with van der Waals surface area (Å²) in [6.45, 7) is 4.76. The van der Waals surface area contributed by atoms with Gasteiger partial charge in [-0.05, 0) is 27.9 Å². The van der Waals surface area contributed by atoms with E-state index in [4.69, 9.17) is 5.11 Å². The molecule has 1 aromatic carbocycles. The Morgan fingerprint density at radius 3 is 2.85 bits per heavy atom. The summed E-state index contributed by atoms with van der Waals surface area (Å²) in [7, 11) is 0. The zero-order chi connectivity index (χ0) is 14.9. The summed E-state index contributed by atoms with van der Waals surface area (Å²) in [5.74, 6) is -0.962. The second-order valence-corrected chi connectivity index (χ2v) is 6.63. The zero-order valence-corrected chi connectivity index (χ0v) is 13.5. The fraction of sp³-hybridized carbons (Fsp3) is 0.385. The number of carboxylic acid groups (broad SMARTS) is 1. The SMILES string of the molecule is CC(C)Cn1c(SCC(=O)O)nc2cc(Br)c(F)cc21. The minimum absolute atomic E-state index is 0.0644. The number of benzene rings is 1. The molecule has 1 aromatic heterocycles. The Hall–Kier alpha value is -1.08. The van der Waals surface area contributed by atoms with E-state index in [1.54, 1.807) is 6.07 Å². The first-order chi connectivity index (χ1) is 9.38. The highest BCUT2D eigenvalue weighted by atomic mass is 79.9. The number of aromatic nitrogens is 2. The van der Waals surface area contributed by atoms with Gasteiger partial charge in [-0.25, -0.2) is 9.37 Å². The molecule has 2 rings (SSSR count). The molecule has 20 heavy (non-hydrogen) atoms. The number of fused-ring (bicyclic) bond motifs is 1. The Kier molecular flexibility index (Phi) is 4.70. The molecular weight excluding hydrogens is 347 g/mol. The second kappa shape index (κ2) is 6.13. The first-order valence-corrected chi connectivity index (χ1v) is 7.86. The van der Waals surface area contributed by atoms with Crippen molar-refractivity contribution in [2.24, 2.45) is 5.92 Å². The molecule has 1 heterocycles. The molecule has 0 aliphatic carbocycles. The largest absolute Gasteiger partial charge is 0.481 e. The van der Waals surface area contributed by atoms with Gasteiger partial charge in [-0.3, -0.25) is 4.79 Å². The molecule has 2 aromatic rings. The minimum atomic E-state index is -0.898. The molecule has 0 saturated heterocycles. The van der Waals surface area contributed by atoms with Crippen molar-refractivity contribution in [3.8, 4) is 0 Å². The third kappa shape index (κ3) is 3.32. The van der Waals surface area contributed by atoms with E-state index in [2.05, 4.69) is 20.9 Å². The minimum Gasteiger partial charge on any atom is -0.481 e. The van der Waals surface area contributed by atoms with Crippen LogP contribution in [0, 0.1) is 11.7 Å². The maximum atomic E-state index is 13.7. The Bertz CT molecular complexity index is 657. The fourth-order valence-electron chi connectivity index (χ4n) is 1.88.